The highest BCUT2D eigenvalue weighted by molar-refractivity contribution is 7.89. The van der Waals surface area contributed by atoms with Gasteiger partial charge in [0.05, 0.1) is 4.90 Å². The van der Waals surface area contributed by atoms with Crippen molar-refractivity contribution in [2.45, 2.75) is 37.8 Å². The molecule has 0 aromatic heterocycles. The van der Waals surface area contributed by atoms with Gasteiger partial charge in [0.2, 0.25) is 15.8 Å². The third kappa shape index (κ3) is 5.45. The molecular weight excluding hydrogens is 373 g/mol. The van der Waals surface area contributed by atoms with Gasteiger partial charge in [-0.1, -0.05) is 17.7 Å². The van der Waals surface area contributed by atoms with Gasteiger partial charge in [-0.15, -0.1) is 0 Å². The molecule has 0 aliphatic heterocycles. The van der Waals surface area contributed by atoms with E-state index in [2.05, 4.69) is 4.72 Å². The van der Waals surface area contributed by atoms with Gasteiger partial charge in [0.25, 0.3) is 0 Å². The van der Waals surface area contributed by atoms with Gasteiger partial charge in [0.1, 0.15) is 11.9 Å². The molecule has 2 aromatic rings. The quantitative estimate of drug-likeness (QED) is 0.577. The fraction of sp³-hybridized carbons (Fsp3) is 0.263. The van der Waals surface area contributed by atoms with Crippen molar-refractivity contribution in [1.29, 1.82) is 0 Å². The van der Waals surface area contributed by atoms with Gasteiger partial charge in [0, 0.05) is 5.56 Å². The number of aryl methyl sites for hydroxylation is 1. The van der Waals surface area contributed by atoms with Crippen molar-refractivity contribution in [3.8, 4) is 0 Å². The number of hydrogen-bond acceptors (Lipinski definition) is 5. The van der Waals surface area contributed by atoms with Crippen molar-refractivity contribution < 1.29 is 27.1 Å². The predicted molar refractivity (Wildman–Crippen MR) is 97.2 cm³/mol. The molecule has 2 atom stereocenters. The summed E-state index contributed by atoms with van der Waals surface area (Å²) in [6.07, 6.45) is -1.14. The van der Waals surface area contributed by atoms with Gasteiger partial charge in [-0.3, -0.25) is 9.59 Å². The van der Waals surface area contributed by atoms with Crippen molar-refractivity contribution in [2.24, 2.45) is 0 Å². The normalized spacial score (nSPS) is 13.6. The van der Waals surface area contributed by atoms with Crippen LogP contribution in [0, 0.1) is 12.7 Å². The summed E-state index contributed by atoms with van der Waals surface area (Å²) in [5.74, 6) is -1.90. The summed E-state index contributed by atoms with van der Waals surface area (Å²) in [6.45, 7) is 4.51. The van der Waals surface area contributed by atoms with Crippen LogP contribution in [0.25, 0.3) is 0 Å². The molecule has 0 saturated heterocycles. The van der Waals surface area contributed by atoms with Gasteiger partial charge in [-0.2, -0.15) is 4.72 Å². The molecule has 0 unspecified atom stereocenters. The maximum atomic E-state index is 12.9. The summed E-state index contributed by atoms with van der Waals surface area (Å²) in [5.41, 5.74) is 1.08. The van der Waals surface area contributed by atoms with Crippen molar-refractivity contribution in [1.82, 2.24) is 4.72 Å². The lowest BCUT2D eigenvalue weighted by Gasteiger charge is -2.17. The van der Waals surface area contributed by atoms with Gasteiger partial charge in [-0.25, -0.2) is 12.8 Å². The van der Waals surface area contributed by atoms with Crippen molar-refractivity contribution in [3.63, 3.8) is 0 Å². The summed E-state index contributed by atoms with van der Waals surface area (Å²) in [7, 11) is -3.91. The molecule has 6 nitrogen and oxygen atoms in total. The number of rotatable bonds is 7. The Morgan fingerprint density at radius 1 is 1.00 bits per heavy atom. The number of Topliss-reactive ketones (excluding diaryl/α,β-unsaturated/α-hetero) is 1. The van der Waals surface area contributed by atoms with E-state index in [0.717, 1.165) is 17.7 Å². The zero-order chi connectivity index (χ0) is 20.2. The summed E-state index contributed by atoms with van der Waals surface area (Å²) in [6, 6.07) is 9.76. The van der Waals surface area contributed by atoms with Crippen LogP contribution >= 0.6 is 0 Å². The molecule has 0 radical (unpaired) electrons. The number of ether oxygens (including phenoxy) is 1. The monoisotopic (exact) mass is 393 g/mol. The zero-order valence-corrected chi connectivity index (χ0v) is 15.9. The average molecular weight is 393 g/mol. The second kappa shape index (κ2) is 8.41. The molecule has 0 saturated carbocycles. The van der Waals surface area contributed by atoms with E-state index >= 15 is 0 Å². The Hall–Kier alpha value is -2.58. The average Bonchev–Trinajstić information content (AvgIpc) is 2.61. The van der Waals surface area contributed by atoms with E-state index in [1.165, 1.54) is 38.1 Å². The van der Waals surface area contributed by atoms with E-state index in [9.17, 15) is 22.4 Å². The van der Waals surface area contributed by atoms with Crippen molar-refractivity contribution in [2.75, 3.05) is 0 Å². The molecule has 0 bridgehead atoms. The van der Waals surface area contributed by atoms with E-state index in [1.807, 2.05) is 6.92 Å². The number of hydrogen-bond donors (Lipinski definition) is 1. The third-order valence-corrected chi connectivity index (χ3v) is 5.36. The molecule has 0 heterocycles. The molecule has 0 fully saturated rings. The number of sulfonamides is 1. The molecule has 0 spiro atoms. The van der Waals surface area contributed by atoms with Crippen LogP contribution in [0.5, 0.6) is 0 Å². The van der Waals surface area contributed by atoms with Gasteiger partial charge < -0.3 is 4.74 Å². The fourth-order valence-electron chi connectivity index (χ4n) is 2.24. The van der Waals surface area contributed by atoms with E-state index < -0.39 is 39.7 Å². The highest BCUT2D eigenvalue weighted by Gasteiger charge is 2.26. The first-order valence-electron chi connectivity index (χ1n) is 8.19. The first-order chi connectivity index (χ1) is 12.6. The van der Waals surface area contributed by atoms with Crippen molar-refractivity contribution >= 4 is 21.8 Å². The predicted octanol–water partition coefficient (Wildman–Crippen LogP) is 2.62. The van der Waals surface area contributed by atoms with Gasteiger partial charge in [0.15, 0.2) is 6.10 Å². The Labute approximate surface area is 157 Å². The van der Waals surface area contributed by atoms with Crippen LogP contribution in [0.2, 0.25) is 0 Å². The lowest BCUT2D eigenvalue weighted by Crippen LogP contribution is -2.41. The largest absolute Gasteiger partial charge is 0.453 e. The minimum atomic E-state index is -3.91. The van der Waals surface area contributed by atoms with E-state index in [4.69, 9.17) is 4.74 Å². The Morgan fingerprint density at radius 2 is 1.56 bits per heavy atom. The highest BCUT2D eigenvalue weighted by atomic mass is 32.2. The maximum Gasteiger partial charge on any atom is 0.324 e. The second-order valence-electron chi connectivity index (χ2n) is 6.11. The zero-order valence-electron chi connectivity index (χ0n) is 15.1. The summed E-state index contributed by atoms with van der Waals surface area (Å²) in [4.78, 5) is 24.4. The van der Waals surface area contributed by atoms with Crippen LogP contribution in [-0.2, 0) is 19.6 Å². The number of carbonyl (C=O) groups excluding carboxylic acids is 2. The summed E-state index contributed by atoms with van der Waals surface area (Å²) in [5, 5.41) is 0. The molecule has 2 aromatic carbocycles. The molecule has 27 heavy (non-hydrogen) atoms. The third-order valence-electron chi connectivity index (χ3n) is 3.81. The molecule has 0 aliphatic rings. The van der Waals surface area contributed by atoms with Crippen molar-refractivity contribution in [3.05, 3.63) is 65.5 Å². The number of benzene rings is 2. The highest BCUT2D eigenvalue weighted by Crippen LogP contribution is 2.12. The minimum absolute atomic E-state index is 0.0168. The summed E-state index contributed by atoms with van der Waals surface area (Å²) >= 11 is 0. The Balaban J connectivity index is 2.01. The first kappa shape index (κ1) is 20.7. The maximum absolute atomic E-state index is 12.9. The van der Waals surface area contributed by atoms with Gasteiger partial charge >= 0.3 is 5.97 Å². The second-order valence-corrected chi connectivity index (χ2v) is 7.82. The van der Waals surface area contributed by atoms with Crippen LogP contribution < -0.4 is 4.72 Å². The smallest absolute Gasteiger partial charge is 0.324 e. The number of carbonyl (C=O) groups is 2. The standard InChI is InChI=1S/C19H20FNO5S/c1-12-4-10-17(11-5-12)27(24,25)21-13(2)19(23)26-14(3)18(22)15-6-8-16(20)9-7-15/h4-11,13-14,21H,1-3H3/t13-,14-/m0/s1. The SMILES string of the molecule is Cc1ccc(S(=O)(=O)N[C@@H](C)C(=O)O[C@@H](C)C(=O)c2ccc(F)cc2)cc1. The lowest BCUT2D eigenvalue weighted by molar-refractivity contribution is -0.147. The van der Waals surface area contributed by atoms with E-state index in [-0.39, 0.29) is 10.5 Å². The number of nitrogens with one attached hydrogen (secondary N) is 1. The Kier molecular flexibility index (Phi) is 6.45. The molecular formula is C19H20FNO5S. The van der Waals surface area contributed by atoms with Crippen LogP contribution in [0.15, 0.2) is 53.4 Å². The molecule has 8 heteroatoms. The minimum Gasteiger partial charge on any atom is -0.453 e. The van der Waals surface area contributed by atoms with E-state index in [1.54, 1.807) is 12.1 Å². The topological polar surface area (TPSA) is 89.5 Å². The van der Waals surface area contributed by atoms with Gasteiger partial charge in [-0.05, 0) is 57.2 Å². The number of halogens is 1. The Morgan fingerprint density at radius 3 is 2.11 bits per heavy atom. The number of ketones is 1. The molecule has 0 aliphatic carbocycles. The Bertz CT molecular complexity index is 924. The first-order valence-corrected chi connectivity index (χ1v) is 9.68. The van der Waals surface area contributed by atoms with Crippen LogP contribution in [0.1, 0.15) is 29.8 Å². The molecule has 2 rings (SSSR count). The molecule has 0 amide bonds. The van der Waals surface area contributed by atoms with E-state index in [0.29, 0.717) is 0 Å². The molecule has 144 valence electrons. The number of esters is 1. The summed E-state index contributed by atoms with van der Waals surface area (Å²) < 4.78 is 44.8. The lowest BCUT2D eigenvalue weighted by atomic mass is 10.1. The van der Waals surface area contributed by atoms with Crippen LogP contribution in [0.4, 0.5) is 4.39 Å². The fourth-order valence-corrected chi connectivity index (χ4v) is 3.44. The van der Waals surface area contributed by atoms with Crippen LogP contribution in [0.3, 0.4) is 0 Å². The molecule has 1 N–H and O–H groups in total. The van der Waals surface area contributed by atoms with Crippen LogP contribution in [-0.4, -0.2) is 32.3 Å².